The standard InChI is InChI=1S/C52H30N4/c1-2-12-31(13-3-1)32-24-26-34(27-25-32)48-42-29-28-33-14-4-6-16-36(33)49(42)54-52(53-48)56-44-23-11-19-39-41-21-10-20-40-38-18-8-9-22-43(38)55(50(40)41)45-30-35-15-5-7-17-37(35)51(56)47(45)46(39)44/h1-30H. The third-order valence-corrected chi connectivity index (χ3v) is 12.0. The molecule has 0 aliphatic heterocycles. The lowest BCUT2D eigenvalue weighted by molar-refractivity contribution is 1.02. The van der Waals surface area contributed by atoms with Crippen LogP contribution in [0.4, 0.5) is 0 Å². The van der Waals surface area contributed by atoms with Crippen LogP contribution in [0.1, 0.15) is 0 Å². The second kappa shape index (κ2) is 11.0. The van der Waals surface area contributed by atoms with Crippen LogP contribution in [0.15, 0.2) is 182 Å². The molecule has 0 saturated carbocycles. The van der Waals surface area contributed by atoms with Crippen molar-refractivity contribution in [2.45, 2.75) is 0 Å². The van der Waals surface area contributed by atoms with Crippen molar-refractivity contribution in [2.75, 3.05) is 0 Å². The minimum atomic E-state index is 0.659. The van der Waals surface area contributed by atoms with E-state index in [0.29, 0.717) is 5.95 Å². The van der Waals surface area contributed by atoms with Crippen molar-refractivity contribution in [3.63, 3.8) is 0 Å². The molecule has 4 heteroatoms. The molecule has 0 unspecified atom stereocenters. The fourth-order valence-corrected chi connectivity index (χ4v) is 9.62. The molecule has 0 spiro atoms. The van der Waals surface area contributed by atoms with Crippen LogP contribution < -0.4 is 0 Å². The first-order valence-electron chi connectivity index (χ1n) is 19.2. The van der Waals surface area contributed by atoms with Crippen LogP contribution in [0.2, 0.25) is 0 Å². The summed E-state index contributed by atoms with van der Waals surface area (Å²) in [6.07, 6.45) is 0. The van der Waals surface area contributed by atoms with Crippen molar-refractivity contribution >= 4 is 92.3 Å². The van der Waals surface area contributed by atoms with Gasteiger partial charge in [0.25, 0.3) is 0 Å². The van der Waals surface area contributed by atoms with Crippen LogP contribution in [-0.4, -0.2) is 18.9 Å². The van der Waals surface area contributed by atoms with Crippen LogP contribution in [0, 0.1) is 0 Å². The van der Waals surface area contributed by atoms with E-state index in [1.54, 1.807) is 0 Å². The quantitative estimate of drug-likeness (QED) is 0.171. The molecule has 0 aliphatic rings. The van der Waals surface area contributed by atoms with E-state index in [4.69, 9.17) is 9.97 Å². The van der Waals surface area contributed by atoms with Crippen molar-refractivity contribution in [1.29, 1.82) is 0 Å². The second-order valence-corrected chi connectivity index (χ2v) is 14.9. The first-order valence-corrected chi connectivity index (χ1v) is 19.2. The molecule has 0 amide bonds. The summed E-state index contributed by atoms with van der Waals surface area (Å²) in [6.45, 7) is 0. The largest absolute Gasteiger partial charge is 0.308 e. The van der Waals surface area contributed by atoms with Gasteiger partial charge in [-0.1, -0.05) is 158 Å². The zero-order valence-electron chi connectivity index (χ0n) is 30.1. The first-order chi connectivity index (χ1) is 27.8. The molecule has 0 bridgehead atoms. The van der Waals surface area contributed by atoms with E-state index in [0.717, 1.165) is 44.0 Å². The normalized spacial score (nSPS) is 12.3. The lowest BCUT2D eigenvalue weighted by Crippen LogP contribution is -2.04. The van der Waals surface area contributed by atoms with E-state index >= 15 is 0 Å². The maximum Gasteiger partial charge on any atom is 0.235 e. The van der Waals surface area contributed by atoms with Crippen molar-refractivity contribution in [2.24, 2.45) is 0 Å². The third-order valence-electron chi connectivity index (χ3n) is 12.0. The Bertz CT molecular complexity index is 3740. The van der Waals surface area contributed by atoms with Crippen LogP contribution in [0.3, 0.4) is 0 Å². The van der Waals surface area contributed by atoms with Gasteiger partial charge in [-0.2, -0.15) is 0 Å². The molecule has 0 radical (unpaired) electrons. The Labute approximate surface area is 320 Å². The number of benzene rings is 9. The van der Waals surface area contributed by atoms with Crippen molar-refractivity contribution < 1.29 is 0 Å². The molecule has 0 N–H and O–H groups in total. The minimum Gasteiger partial charge on any atom is -0.308 e. The highest BCUT2D eigenvalue weighted by Crippen LogP contribution is 2.46. The molecule has 0 aliphatic carbocycles. The number of para-hydroxylation sites is 2. The predicted molar refractivity (Wildman–Crippen MR) is 234 cm³/mol. The summed E-state index contributed by atoms with van der Waals surface area (Å²) in [5, 5.41) is 13.0. The fourth-order valence-electron chi connectivity index (χ4n) is 9.62. The van der Waals surface area contributed by atoms with E-state index in [-0.39, 0.29) is 0 Å². The monoisotopic (exact) mass is 710 g/mol. The summed E-state index contributed by atoms with van der Waals surface area (Å²) >= 11 is 0. The number of fused-ring (bicyclic) bond motifs is 10. The van der Waals surface area contributed by atoms with Gasteiger partial charge < -0.3 is 4.40 Å². The van der Waals surface area contributed by atoms with E-state index in [1.807, 2.05) is 0 Å². The van der Waals surface area contributed by atoms with Gasteiger partial charge in [0, 0.05) is 48.7 Å². The zero-order valence-corrected chi connectivity index (χ0v) is 30.1. The van der Waals surface area contributed by atoms with Gasteiger partial charge in [0.1, 0.15) is 0 Å². The summed E-state index contributed by atoms with van der Waals surface area (Å²) < 4.78 is 4.85. The van der Waals surface area contributed by atoms with Crippen LogP contribution in [-0.2, 0) is 0 Å². The average molecular weight is 711 g/mol. The Morgan fingerprint density at radius 3 is 1.82 bits per heavy atom. The van der Waals surface area contributed by atoms with Crippen LogP contribution in [0.25, 0.3) is 121 Å². The summed E-state index contributed by atoms with van der Waals surface area (Å²) in [5.41, 5.74) is 11.1. The molecule has 4 heterocycles. The van der Waals surface area contributed by atoms with Gasteiger partial charge in [-0.3, -0.25) is 4.57 Å². The summed E-state index contributed by atoms with van der Waals surface area (Å²) in [6, 6.07) is 65.8. The predicted octanol–water partition coefficient (Wildman–Crippen LogP) is 13.5. The minimum absolute atomic E-state index is 0.659. The number of nitrogens with zero attached hydrogens (tertiary/aromatic N) is 4. The Kier molecular flexibility index (Phi) is 5.86. The van der Waals surface area contributed by atoms with E-state index in [1.165, 1.54) is 70.8 Å². The van der Waals surface area contributed by atoms with Gasteiger partial charge in [-0.15, -0.1) is 0 Å². The third kappa shape index (κ3) is 3.92. The maximum atomic E-state index is 5.60. The Hall–Kier alpha value is -7.56. The maximum absolute atomic E-state index is 5.60. The molecular weight excluding hydrogens is 681 g/mol. The zero-order chi connectivity index (χ0) is 36.5. The lowest BCUT2D eigenvalue weighted by atomic mass is 9.99. The summed E-state index contributed by atoms with van der Waals surface area (Å²) in [7, 11) is 0. The van der Waals surface area contributed by atoms with E-state index in [2.05, 4.69) is 191 Å². The lowest BCUT2D eigenvalue weighted by Gasteiger charge is -2.15. The number of hydrogen-bond acceptors (Lipinski definition) is 2. The Morgan fingerprint density at radius 1 is 0.339 bits per heavy atom. The molecule has 9 aromatic carbocycles. The molecule has 4 aromatic heterocycles. The van der Waals surface area contributed by atoms with Gasteiger partial charge >= 0.3 is 0 Å². The van der Waals surface area contributed by atoms with E-state index in [9.17, 15) is 0 Å². The molecule has 13 aromatic rings. The molecule has 0 atom stereocenters. The SMILES string of the molecule is c1ccc(-c2ccc(-c3nc(-n4c5cccc6c7cccc8c9ccccc9n(c9cc%10ccccc%10c4c9c65)c78)nc4c3ccc3ccccc34)cc2)cc1. The van der Waals surface area contributed by atoms with Crippen molar-refractivity contribution in [1.82, 2.24) is 18.9 Å². The topological polar surface area (TPSA) is 35.1 Å². The molecule has 56 heavy (non-hydrogen) atoms. The van der Waals surface area contributed by atoms with Crippen LogP contribution >= 0.6 is 0 Å². The highest BCUT2D eigenvalue weighted by atomic mass is 15.2. The molecule has 0 fully saturated rings. The van der Waals surface area contributed by atoms with Gasteiger partial charge in [-0.25, -0.2) is 9.97 Å². The molecule has 4 nitrogen and oxygen atoms in total. The molecular formula is C52H30N4. The van der Waals surface area contributed by atoms with Gasteiger partial charge in [0.2, 0.25) is 5.95 Å². The Morgan fingerprint density at radius 2 is 0.964 bits per heavy atom. The smallest absolute Gasteiger partial charge is 0.235 e. The van der Waals surface area contributed by atoms with Gasteiger partial charge in [0.15, 0.2) is 0 Å². The first kappa shape index (κ1) is 29.8. The van der Waals surface area contributed by atoms with Crippen LogP contribution in [0.5, 0.6) is 0 Å². The number of aromatic nitrogens is 4. The average Bonchev–Trinajstić information content (AvgIpc) is 3.76. The number of rotatable bonds is 3. The molecule has 13 rings (SSSR count). The number of hydrogen-bond donors (Lipinski definition) is 0. The Balaban J connectivity index is 1.23. The molecule has 0 saturated heterocycles. The van der Waals surface area contributed by atoms with Gasteiger partial charge in [0.05, 0.1) is 38.8 Å². The highest BCUT2D eigenvalue weighted by molar-refractivity contribution is 6.34. The van der Waals surface area contributed by atoms with Gasteiger partial charge in [-0.05, 0) is 51.6 Å². The molecule has 258 valence electrons. The van der Waals surface area contributed by atoms with Crippen molar-refractivity contribution in [3.8, 4) is 28.3 Å². The highest BCUT2D eigenvalue weighted by Gasteiger charge is 2.25. The summed E-state index contributed by atoms with van der Waals surface area (Å²) in [5.74, 6) is 0.659. The van der Waals surface area contributed by atoms with Crippen molar-refractivity contribution in [3.05, 3.63) is 182 Å². The fraction of sp³-hybridized carbons (Fsp3) is 0. The van der Waals surface area contributed by atoms with E-state index < -0.39 is 0 Å². The second-order valence-electron chi connectivity index (χ2n) is 14.9. The summed E-state index contributed by atoms with van der Waals surface area (Å²) in [4.78, 5) is 11.2.